The second kappa shape index (κ2) is 8.45. The molecule has 0 atom stereocenters. The third kappa shape index (κ3) is 4.08. The number of hydrogen-bond donors (Lipinski definition) is 0. The summed E-state index contributed by atoms with van der Waals surface area (Å²) in [6.07, 6.45) is 7.19. The van der Waals surface area contributed by atoms with Gasteiger partial charge in [-0.1, -0.05) is 6.07 Å². The number of carbonyl (C=O) groups excluding carboxylic acids is 1. The van der Waals surface area contributed by atoms with Crippen molar-refractivity contribution in [2.45, 2.75) is 26.7 Å². The average Bonchev–Trinajstić information content (AvgIpc) is 3.40. The molecule has 0 saturated carbocycles. The fourth-order valence-electron chi connectivity index (χ4n) is 4.25. The number of likely N-dealkylation sites (tertiary alicyclic amines) is 1. The molecule has 5 rings (SSSR count). The van der Waals surface area contributed by atoms with Crippen LogP contribution in [0, 0.1) is 19.8 Å². The van der Waals surface area contributed by atoms with Crippen LogP contribution < -0.4 is 4.74 Å². The van der Waals surface area contributed by atoms with Gasteiger partial charge in [0.2, 0.25) is 5.88 Å². The number of amides is 1. The van der Waals surface area contributed by atoms with Crippen molar-refractivity contribution in [3.8, 4) is 11.7 Å². The van der Waals surface area contributed by atoms with Gasteiger partial charge in [0.15, 0.2) is 5.82 Å². The van der Waals surface area contributed by atoms with Crippen molar-refractivity contribution in [3.63, 3.8) is 0 Å². The van der Waals surface area contributed by atoms with Crippen LogP contribution in [0.1, 0.15) is 34.6 Å². The number of pyridine rings is 1. The Morgan fingerprint density at radius 3 is 2.72 bits per heavy atom. The second-order valence-electron chi connectivity index (χ2n) is 8.36. The first-order chi connectivity index (χ1) is 15.6. The van der Waals surface area contributed by atoms with Gasteiger partial charge in [0, 0.05) is 42.8 Å². The van der Waals surface area contributed by atoms with Gasteiger partial charge in [-0.15, -0.1) is 0 Å². The molecule has 1 amide bonds. The Morgan fingerprint density at radius 2 is 1.97 bits per heavy atom. The van der Waals surface area contributed by atoms with E-state index in [0.29, 0.717) is 24.2 Å². The van der Waals surface area contributed by atoms with Gasteiger partial charge in [0.1, 0.15) is 6.33 Å². The number of ether oxygens (including phenoxy) is 1. The monoisotopic (exact) mass is 430 g/mol. The summed E-state index contributed by atoms with van der Waals surface area (Å²) >= 11 is 0. The zero-order chi connectivity index (χ0) is 22.1. The predicted molar refractivity (Wildman–Crippen MR) is 120 cm³/mol. The molecule has 0 spiro atoms. The van der Waals surface area contributed by atoms with Gasteiger partial charge >= 0.3 is 0 Å². The lowest BCUT2D eigenvalue weighted by Crippen LogP contribution is -2.39. The summed E-state index contributed by atoms with van der Waals surface area (Å²) < 4.78 is 9.75. The van der Waals surface area contributed by atoms with Crippen LogP contribution in [0.25, 0.3) is 11.3 Å². The van der Waals surface area contributed by atoms with Crippen molar-refractivity contribution in [1.82, 2.24) is 29.0 Å². The lowest BCUT2D eigenvalue weighted by molar-refractivity contribution is 0.0659. The summed E-state index contributed by atoms with van der Waals surface area (Å²) in [5.41, 5.74) is 3.73. The zero-order valence-electron chi connectivity index (χ0n) is 18.3. The van der Waals surface area contributed by atoms with Crippen molar-refractivity contribution in [2.24, 2.45) is 5.92 Å². The second-order valence-corrected chi connectivity index (χ2v) is 8.36. The van der Waals surface area contributed by atoms with Crippen LogP contribution >= 0.6 is 0 Å². The molecule has 0 unspecified atom stereocenters. The molecule has 0 bridgehead atoms. The molecule has 32 heavy (non-hydrogen) atoms. The van der Waals surface area contributed by atoms with E-state index in [-0.39, 0.29) is 5.91 Å². The molecule has 0 N–H and O–H groups in total. The number of aryl methyl sites for hydroxylation is 2. The van der Waals surface area contributed by atoms with Crippen LogP contribution in [0.4, 0.5) is 0 Å². The molecular formula is C24H26N6O2. The number of hydrogen-bond acceptors (Lipinski definition) is 5. The Kier molecular flexibility index (Phi) is 5.34. The van der Waals surface area contributed by atoms with E-state index in [1.165, 1.54) is 6.33 Å². The predicted octanol–water partition coefficient (Wildman–Crippen LogP) is 3.46. The highest BCUT2D eigenvalue weighted by molar-refractivity contribution is 5.95. The zero-order valence-corrected chi connectivity index (χ0v) is 18.3. The first kappa shape index (κ1) is 20.2. The molecule has 8 heteroatoms. The molecule has 164 valence electrons. The maximum absolute atomic E-state index is 12.9. The van der Waals surface area contributed by atoms with Crippen LogP contribution in [0.2, 0.25) is 0 Å². The van der Waals surface area contributed by atoms with Crippen molar-refractivity contribution in [2.75, 3.05) is 19.7 Å². The van der Waals surface area contributed by atoms with E-state index in [1.54, 1.807) is 4.68 Å². The largest absolute Gasteiger partial charge is 0.477 e. The van der Waals surface area contributed by atoms with E-state index in [4.69, 9.17) is 4.74 Å². The van der Waals surface area contributed by atoms with E-state index >= 15 is 0 Å². The minimum atomic E-state index is 0.0957. The smallest absolute Gasteiger partial charge is 0.255 e. The summed E-state index contributed by atoms with van der Waals surface area (Å²) in [6, 6.07) is 11.7. The number of rotatable bonds is 5. The van der Waals surface area contributed by atoms with Crippen LogP contribution in [0.15, 0.2) is 55.1 Å². The van der Waals surface area contributed by atoms with Crippen molar-refractivity contribution < 1.29 is 9.53 Å². The van der Waals surface area contributed by atoms with Crippen LogP contribution in [0.5, 0.6) is 5.88 Å². The fraction of sp³-hybridized carbons (Fsp3) is 0.333. The number of carbonyl (C=O) groups is 1. The summed E-state index contributed by atoms with van der Waals surface area (Å²) in [5, 5.41) is 4.47. The first-order valence-corrected chi connectivity index (χ1v) is 10.9. The Hall–Kier alpha value is -3.68. The first-order valence-electron chi connectivity index (χ1n) is 10.9. The Bertz CT molecular complexity index is 1220. The quantitative estimate of drug-likeness (QED) is 0.485. The summed E-state index contributed by atoms with van der Waals surface area (Å²) in [5.74, 6) is 1.72. The lowest BCUT2D eigenvalue weighted by Gasteiger charge is -2.31. The van der Waals surface area contributed by atoms with Crippen LogP contribution in [-0.2, 0) is 0 Å². The molecule has 4 aromatic heterocycles. The van der Waals surface area contributed by atoms with Gasteiger partial charge in [0.25, 0.3) is 5.91 Å². The SMILES string of the molecule is Cc1cc(C)n(-c2cc(OCC3CCN(C(=O)c4cc5ccccn5c4)CC3)ncn2)n1. The molecule has 4 aromatic rings. The molecule has 0 aromatic carbocycles. The van der Waals surface area contributed by atoms with Crippen molar-refractivity contribution in [3.05, 3.63) is 72.1 Å². The van der Waals surface area contributed by atoms with E-state index in [9.17, 15) is 4.79 Å². The molecule has 0 radical (unpaired) electrons. The van der Waals surface area contributed by atoms with E-state index in [2.05, 4.69) is 15.1 Å². The highest BCUT2D eigenvalue weighted by atomic mass is 16.5. The highest BCUT2D eigenvalue weighted by Crippen LogP contribution is 2.22. The van der Waals surface area contributed by atoms with Gasteiger partial charge in [0.05, 0.1) is 17.9 Å². The molecule has 5 heterocycles. The normalized spacial score (nSPS) is 14.8. The minimum Gasteiger partial charge on any atom is -0.477 e. The molecule has 0 aliphatic carbocycles. The topological polar surface area (TPSA) is 77.5 Å². The Labute approximate surface area is 186 Å². The number of aromatic nitrogens is 5. The summed E-state index contributed by atoms with van der Waals surface area (Å²) in [7, 11) is 0. The number of piperidine rings is 1. The Morgan fingerprint density at radius 1 is 1.12 bits per heavy atom. The van der Waals surface area contributed by atoms with Gasteiger partial charge in [-0.25, -0.2) is 14.6 Å². The van der Waals surface area contributed by atoms with E-state index < -0.39 is 0 Å². The maximum Gasteiger partial charge on any atom is 0.255 e. The van der Waals surface area contributed by atoms with Gasteiger partial charge < -0.3 is 14.0 Å². The summed E-state index contributed by atoms with van der Waals surface area (Å²) in [4.78, 5) is 23.4. The van der Waals surface area contributed by atoms with E-state index in [0.717, 1.165) is 48.4 Å². The van der Waals surface area contributed by atoms with Crippen LogP contribution in [0.3, 0.4) is 0 Å². The van der Waals surface area contributed by atoms with E-state index in [1.807, 2.05) is 71.9 Å². The summed E-state index contributed by atoms with van der Waals surface area (Å²) in [6.45, 7) is 6.00. The highest BCUT2D eigenvalue weighted by Gasteiger charge is 2.25. The van der Waals surface area contributed by atoms with Gasteiger partial charge in [-0.2, -0.15) is 5.10 Å². The van der Waals surface area contributed by atoms with Crippen molar-refractivity contribution in [1.29, 1.82) is 0 Å². The number of nitrogens with zero attached hydrogens (tertiary/aromatic N) is 6. The fourth-order valence-corrected chi connectivity index (χ4v) is 4.25. The lowest BCUT2D eigenvalue weighted by atomic mass is 9.97. The van der Waals surface area contributed by atoms with Gasteiger partial charge in [-0.3, -0.25) is 4.79 Å². The van der Waals surface area contributed by atoms with Crippen molar-refractivity contribution >= 4 is 11.4 Å². The van der Waals surface area contributed by atoms with Gasteiger partial charge in [-0.05, 0) is 56.9 Å². The molecule has 8 nitrogen and oxygen atoms in total. The number of fused-ring (bicyclic) bond motifs is 1. The average molecular weight is 431 g/mol. The molecule has 1 saturated heterocycles. The maximum atomic E-state index is 12.9. The standard InChI is InChI=1S/C24H26N6O2/c1-17-11-18(2)30(27-17)22-13-23(26-16-25-22)32-15-19-6-9-28(10-7-19)24(31)20-12-21-5-3-4-8-29(21)14-20/h3-5,8,11-14,16,19H,6-7,9-10,15H2,1-2H3. The third-order valence-corrected chi connectivity index (χ3v) is 5.97. The van der Waals surface area contributed by atoms with Crippen LogP contribution in [-0.4, -0.2) is 54.7 Å². The third-order valence-electron chi connectivity index (χ3n) is 5.97. The molecule has 1 aliphatic heterocycles. The minimum absolute atomic E-state index is 0.0957. The molecule has 1 aliphatic rings. The Balaban J connectivity index is 1.16. The molecule has 1 fully saturated rings. The molecular weight excluding hydrogens is 404 g/mol.